The van der Waals surface area contributed by atoms with Crippen molar-refractivity contribution in [2.75, 3.05) is 0 Å². The molecule has 0 bridgehead atoms. The fourth-order valence-corrected chi connectivity index (χ4v) is 2.18. The molecule has 1 aromatic heterocycles. The molecule has 90 valence electrons. The number of hydrogen-bond acceptors (Lipinski definition) is 2. The predicted octanol–water partition coefficient (Wildman–Crippen LogP) is 2.56. The van der Waals surface area contributed by atoms with E-state index in [2.05, 4.69) is 20.9 Å². The molecule has 0 saturated carbocycles. The van der Waals surface area contributed by atoms with Crippen LogP contribution in [0, 0.1) is 5.82 Å². The smallest absolute Gasteiger partial charge is 0.124 e. The summed E-state index contributed by atoms with van der Waals surface area (Å²) in [4.78, 5) is 4.20. The first-order valence-electron chi connectivity index (χ1n) is 5.24. The SMILES string of the molecule is Cn1ccnc1CC(N)c1cc(F)cc(Br)c1. The van der Waals surface area contributed by atoms with Crippen LogP contribution in [0.5, 0.6) is 0 Å². The quantitative estimate of drug-likeness (QED) is 0.946. The number of nitrogens with two attached hydrogens (primary N) is 1. The van der Waals surface area contributed by atoms with Gasteiger partial charge in [0.1, 0.15) is 11.6 Å². The molecule has 0 amide bonds. The average molecular weight is 298 g/mol. The minimum atomic E-state index is -0.287. The molecule has 1 aromatic carbocycles. The fraction of sp³-hybridized carbons (Fsp3) is 0.250. The van der Waals surface area contributed by atoms with Crippen LogP contribution in [0.3, 0.4) is 0 Å². The lowest BCUT2D eigenvalue weighted by Gasteiger charge is -2.12. The third-order valence-corrected chi connectivity index (χ3v) is 3.09. The fourth-order valence-electron chi connectivity index (χ4n) is 1.70. The molecule has 17 heavy (non-hydrogen) atoms. The van der Waals surface area contributed by atoms with Crippen LogP contribution in [0.1, 0.15) is 17.4 Å². The molecular weight excluding hydrogens is 285 g/mol. The maximum Gasteiger partial charge on any atom is 0.124 e. The molecule has 0 radical (unpaired) electrons. The highest BCUT2D eigenvalue weighted by atomic mass is 79.9. The Morgan fingerprint density at radius 2 is 2.24 bits per heavy atom. The van der Waals surface area contributed by atoms with Gasteiger partial charge in [-0.2, -0.15) is 0 Å². The van der Waals surface area contributed by atoms with Gasteiger partial charge in [0.25, 0.3) is 0 Å². The van der Waals surface area contributed by atoms with Gasteiger partial charge in [0, 0.05) is 36.4 Å². The molecule has 0 fully saturated rings. The Hall–Kier alpha value is -1.20. The Bertz CT molecular complexity index is 504. The Morgan fingerprint density at radius 1 is 1.47 bits per heavy atom. The molecule has 0 aliphatic rings. The maximum absolute atomic E-state index is 13.2. The van der Waals surface area contributed by atoms with E-state index < -0.39 is 0 Å². The molecule has 2 N–H and O–H groups in total. The first-order chi connectivity index (χ1) is 8.06. The van der Waals surface area contributed by atoms with Crippen molar-refractivity contribution in [2.45, 2.75) is 12.5 Å². The van der Waals surface area contributed by atoms with E-state index in [1.807, 2.05) is 23.9 Å². The normalized spacial score (nSPS) is 12.7. The van der Waals surface area contributed by atoms with Gasteiger partial charge in [-0.25, -0.2) is 9.37 Å². The highest BCUT2D eigenvalue weighted by Gasteiger charge is 2.11. The second-order valence-corrected chi connectivity index (χ2v) is 4.88. The lowest BCUT2D eigenvalue weighted by molar-refractivity contribution is 0.611. The number of aromatic nitrogens is 2. The largest absolute Gasteiger partial charge is 0.338 e. The van der Waals surface area contributed by atoms with Crippen molar-refractivity contribution in [3.63, 3.8) is 0 Å². The van der Waals surface area contributed by atoms with Crippen LogP contribution in [0.2, 0.25) is 0 Å². The summed E-state index contributed by atoms with van der Waals surface area (Å²) in [5, 5.41) is 0. The summed E-state index contributed by atoms with van der Waals surface area (Å²) in [6, 6.07) is 4.44. The standard InChI is InChI=1S/C12H13BrFN3/c1-17-3-2-16-12(17)7-11(15)8-4-9(13)6-10(14)5-8/h2-6,11H,7,15H2,1H3. The van der Waals surface area contributed by atoms with Gasteiger partial charge >= 0.3 is 0 Å². The maximum atomic E-state index is 13.2. The van der Waals surface area contributed by atoms with Crippen molar-refractivity contribution in [1.29, 1.82) is 0 Å². The molecule has 0 aliphatic carbocycles. The summed E-state index contributed by atoms with van der Waals surface area (Å²) < 4.78 is 15.8. The van der Waals surface area contributed by atoms with E-state index in [0.29, 0.717) is 10.9 Å². The Morgan fingerprint density at radius 3 is 2.82 bits per heavy atom. The second-order valence-electron chi connectivity index (χ2n) is 3.97. The molecular formula is C12H13BrFN3. The van der Waals surface area contributed by atoms with Crippen LogP contribution in [-0.4, -0.2) is 9.55 Å². The number of halogens is 2. The van der Waals surface area contributed by atoms with Crippen molar-refractivity contribution in [3.05, 3.63) is 52.3 Å². The lowest BCUT2D eigenvalue weighted by atomic mass is 10.0. The van der Waals surface area contributed by atoms with Crippen LogP contribution in [0.15, 0.2) is 35.1 Å². The number of rotatable bonds is 3. The average Bonchev–Trinajstić information content (AvgIpc) is 2.63. The van der Waals surface area contributed by atoms with Crippen molar-refractivity contribution < 1.29 is 4.39 Å². The predicted molar refractivity (Wildman–Crippen MR) is 67.9 cm³/mol. The number of aryl methyl sites for hydroxylation is 1. The van der Waals surface area contributed by atoms with Gasteiger partial charge < -0.3 is 10.3 Å². The van der Waals surface area contributed by atoms with Crippen LogP contribution in [0.4, 0.5) is 4.39 Å². The molecule has 0 spiro atoms. The number of imidazole rings is 1. The molecule has 2 aromatic rings. The van der Waals surface area contributed by atoms with E-state index in [0.717, 1.165) is 11.4 Å². The topological polar surface area (TPSA) is 43.8 Å². The number of hydrogen-bond donors (Lipinski definition) is 1. The van der Waals surface area contributed by atoms with Gasteiger partial charge in [-0.1, -0.05) is 15.9 Å². The molecule has 1 unspecified atom stereocenters. The third-order valence-electron chi connectivity index (χ3n) is 2.64. The summed E-state index contributed by atoms with van der Waals surface area (Å²) in [5.41, 5.74) is 6.82. The molecule has 5 heteroatoms. The highest BCUT2D eigenvalue weighted by Crippen LogP contribution is 2.21. The zero-order chi connectivity index (χ0) is 12.4. The molecule has 2 rings (SSSR count). The monoisotopic (exact) mass is 297 g/mol. The molecule has 0 saturated heterocycles. The van der Waals surface area contributed by atoms with Crippen molar-refractivity contribution >= 4 is 15.9 Å². The van der Waals surface area contributed by atoms with Crippen molar-refractivity contribution in [2.24, 2.45) is 12.8 Å². The van der Waals surface area contributed by atoms with E-state index in [1.54, 1.807) is 6.20 Å². The van der Waals surface area contributed by atoms with E-state index in [9.17, 15) is 4.39 Å². The highest BCUT2D eigenvalue weighted by molar-refractivity contribution is 9.10. The lowest BCUT2D eigenvalue weighted by Crippen LogP contribution is -2.16. The van der Waals surface area contributed by atoms with Gasteiger partial charge in [-0.05, 0) is 23.8 Å². The van der Waals surface area contributed by atoms with Gasteiger partial charge in [0.15, 0.2) is 0 Å². The zero-order valence-corrected chi connectivity index (χ0v) is 11.0. The number of benzene rings is 1. The first kappa shape index (κ1) is 12.3. The molecule has 0 aliphatic heterocycles. The zero-order valence-electron chi connectivity index (χ0n) is 9.40. The van der Waals surface area contributed by atoms with E-state index in [4.69, 9.17) is 5.73 Å². The third kappa shape index (κ3) is 2.92. The molecule has 3 nitrogen and oxygen atoms in total. The molecule has 1 atom stereocenters. The van der Waals surface area contributed by atoms with Crippen LogP contribution in [0.25, 0.3) is 0 Å². The first-order valence-corrected chi connectivity index (χ1v) is 6.03. The van der Waals surface area contributed by atoms with Crippen LogP contribution >= 0.6 is 15.9 Å². The second kappa shape index (κ2) is 4.98. The van der Waals surface area contributed by atoms with Gasteiger partial charge in [0.2, 0.25) is 0 Å². The van der Waals surface area contributed by atoms with E-state index in [1.165, 1.54) is 12.1 Å². The van der Waals surface area contributed by atoms with Gasteiger partial charge in [-0.15, -0.1) is 0 Å². The summed E-state index contributed by atoms with van der Waals surface area (Å²) in [7, 11) is 1.91. The van der Waals surface area contributed by atoms with Crippen LogP contribution < -0.4 is 5.73 Å². The Labute approximate surface area is 108 Å². The summed E-state index contributed by atoms with van der Waals surface area (Å²) in [5.74, 6) is 0.600. The summed E-state index contributed by atoms with van der Waals surface area (Å²) >= 11 is 3.26. The van der Waals surface area contributed by atoms with Crippen molar-refractivity contribution in [3.8, 4) is 0 Å². The van der Waals surface area contributed by atoms with E-state index in [-0.39, 0.29) is 11.9 Å². The Balaban J connectivity index is 2.20. The minimum Gasteiger partial charge on any atom is -0.338 e. The minimum absolute atomic E-state index is 0.261. The molecule has 1 heterocycles. The summed E-state index contributed by atoms with van der Waals surface area (Å²) in [6.07, 6.45) is 4.17. The van der Waals surface area contributed by atoms with Crippen molar-refractivity contribution in [1.82, 2.24) is 9.55 Å². The summed E-state index contributed by atoms with van der Waals surface area (Å²) in [6.45, 7) is 0. The Kier molecular flexibility index (Phi) is 3.59. The van der Waals surface area contributed by atoms with E-state index >= 15 is 0 Å². The van der Waals surface area contributed by atoms with Gasteiger partial charge in [0.05, 0.1) is 0 Å². The van der Waals surface area contributed by atoms with Crippen LogP contribution in [-0.2, 0) is 13.5 Å². The number of nitrogens with zero attached hydrogens (tertiary/aromatic N) is 2. The van der Waals surface area contributed by atoms with Gasteiger partial charge in [-0.3, -0.25) is 0 Å².